The summed E-state index contributed by atoms with van der Waals surface area (Å²) in [6, 6.07) is 0.523. The lowest BCUT2D eigenvalue weighted by atomic mass is 10.1. The molecule has 112 valence electrons. The van der Waals surface area contributed by atoms with Crippen LogP contribution < -0.4 is 5.32 Å². The molecule has 1 aromatic rings. The largest absolute Gasteiger partial charge is 0.327 e. The van der Waals surface area contributed by atoms with E-state index in [9.17, 15) is 0 Å². The lowest BCUT2D eigenvalue weighted by Gasteiger charge is -2.25. The van der Waals surface area contributed by atoms with E-state index >= 15 is 0 Å². The van der Waals surface area contributed by atoms with Crippen LogP contribution in [-0.4, -0.2) is 41.6 Å². The highest BCUT2D eigenvalue weighted by Crippen LogP contribution is 2.36. The molecule has 2 aliphatic rings. The van der Waals surface area contributed by atoms with E-state index in [1.165, 1.54) is 42.9 Å². The predicted octanol–water partition coefficient (Wildman–Crippen LogP) is 2.31. The van der Waals surface area contributed by atoms with Crippen molar-refractivity contribution in [3.05, 3.63) is 17.2 Å². The van der Waals surface area contributed by atoms with Gasteiger partial charge < -0.3 is 14.8 Å². The molecule has 0 radical (unpaired) electrons. The van der Waals surface area contributed by atoms with Crippen molar-refractivity contribution < 1.29 is 0 Å². The second-order valence-corrected chi connectivity index (χ2v) is 6.75. The van der Waals surface area contributed by atoms with Crippen LogP contribution in [0.2, 0.25) is 0 Å². The zero-order valence-electron chi connectivity index (χ0n) is 13.2. The minimum absolute atomic E-state index is 0.523. The molecule has 4 nitrogen and oxygen atoms in total. The summed E-state index contributed by atoms with van der Waals surface area (Å²) < 4.78 is 2.59. The number of hydrogen-bond acceptors (Lipinski definition) is 3. The van der Waals surface area contributed by atoms with Crippen molar-refractivity contribution in [2.75, 3.05) is 27.2 Å². The smallest absolute Gasteiger partial charge is 0.112 e. The van der Waals surface area contributed by atoms with Crippen LogP contribution >= 0.6 is 0 Å². The maximum absolute atomic E-state index is 5.04. The summed E-state index contributed by atoms with van der Waals surface area (Å²) in [6.45, 7) is 5.49. The highest BCUT2D eigenvalue weighted by Gasteiger charge is 2.29. The van der Waals surface area contributed by atoms with Gasteiger partial charge >= 0.3 is 0 Å². The number of hydrogen-bond donors (Lipinski definition) is 1. The molecule has 1 N–H and O–H groups in total. The molecule has 1 aliphatic heterocycles. The Morgan fingerprint density at radius 3 is 2.80 bits per heavy atom. The van der Waals surface area contributed by atoms with Crippen LogP contribution in [0.1, 0.15) is 61.8 Å². The molecule has 0 saturated heterocycles. The molecule has 2 heterocycles. The lowest BCUT2D eigenvalue weighted by Crippen LogP contribution is -2.29. The molecule has 1 atom stereocenters. The fourth-order valence-corrected chi connectivity index (χ4v) is 3.93. The van der Waals surface area contributed by atoms with Crippen molar-refractivity contribution >= 4 is 0 Å². The van der Waals surface area contributed by atoms with Gasteiger partial charge in [-0.25, -0.2) is 4.98 Å². The van der Waals surface area contributed by atoms with Gasteiger partial charge in [-0.1, -0.05) is 12.8 Å². The van der Waals surface area contributed by atoms with Gasteiger partial charge in [-0.05, 0) is 33.9 Å². The number of likely N-dealkylation sites (N-methyl/N-ethyl adjacent to an activating group) is 1. The fraction of sp³-hybridized carbons (Fsp3) is 0.812. The SMILES string of the molecule is CC(CN(C)C)n1c(C2CCCC2)nc2c1CCNC2. The molecule has 3 rings (SSSR count). The molecule has 0 spiro atoms. The summed E-state index contributed by atoms with van der Waals surface area (Å²) in [5.41, 5.74) is 2.81. The average molecular weight is 276 g/mol. The van der Waals surface area contributed by atoms with Crippen molar-refractivity contribution in [2.24, 2.45) is 0 Å². The van der Waals surface area contributed by atoms with Crippen LogP contribution in [0.15, 0.2) is 0 Å². The molecule has 1 unspecified atom stereocenters. The minimum Gasteiger partial charge on any atom is -0.327 e. The van der Waals surface area contributed by atoms with Gasteiger partial charge in [-0.15, -0.1) is 0 Å². The van der Waals surface area contributed by atoms with Crippen LogP contribution in [0, 0.1) is 0 Å². The van der Waals surface area contributed by atoms with E-state index in [1.807, 2.05) is 0 Å². The van der Waals surface area contributed by atoms with E-state index in [0.717, 1.165) is 26.1 Å². The molecule has 20 heavy (non-hydrogen) atoms. The highest BCUT2D eigenvalue weighted by atomic mass is 15.2. The lowest BCUT2D eigenvalue weighted by molar-refractivity contribution is 0.324. The van der Waals surface area contributed by atoms with Gasteiger partial charge in [0.1, 0.15) is 5.82 Å². The first-order valence-corrected chi connectivity index (χ1v) is 8.12. The quantitative estimate of drug-likeness (QED) is 0.916. The Labute approximate surface area is 122 Å². The van der Waals surface area contributed by atoms with Gasteiger partial charge in [0.25, 0.3) is 0 Å². The third-order valence-corrected chi connectivity index (χ3v) is 4.74. The number of imidazole rings is 1. The third-order valence-electron chi connectivity index (χ3n) is 4.74. The number of nitrogens with one attached hydrogen (secondary N) is 1. The summed E-state index contributed by atoms with van der Waals surface area (Å²) in [4.78, 5) is 7.33. The summed E-state index contributed by atoms with van der Waals surface area (Å²) in [5, 5.41) is 3.47. The van der Waals surface area contributed by atoms with E-state index in [4.69, 9.17) is 4.98 Å². The zero-order chi connectivity index (χ0) is 14.1. The zero-order valence-corrected chi connectivity index (χ0v) is 13.2. The second kappa shape index (κ2) is 5.86. The molecule has 4 heteroatoms. The molecule has 1 aliphatic carbocycles. The van der Waals surface area contributed by atoms with E-state index in [-0.39, 0.29) is 0 Å². The monoisotopic (exact) mass is 276 g/mol. The molecule has 0 amide bonds. The van der Waals surface area contributed by atoms with E-state index in [0.29, 0.717) is 12.0 Å². The van der Waals surface area contributed by atoms with Crippen molar-refractivity contribution in [1.82, 2.24) is 19.8 Å². The molecule has 1 saturated carbocycles. The van der Waals surface area contributed by atoms with Crippen molar-refractivity contribution in [2.45, 2.75) is 57.5 Å². The number of aromatic nitrogens is 2. The maximum atomic E-state index is 5.04. The van der Waals surface area contributed by atoms with E-state index < -0.39 is 0 Å². The summed E-state index contributed by atoms with van der Waals surface area (Å²) in [6.07, 6.45) is 6.55. The van der Waals surface area contributed by atoms with E-state index in [2.05, 4.69) is 35.8 Å². The summed E-state index contributed by atoms with van der Waals surface area (Å²) in [5.74, 6) is 2.08. The maximum Gasteiger partial charge on any atom is 0.112 e. The van der Waals surface area contributed by atoms with Gasteiger partial charge in [0.05, 0.1) is 5.69 Å². The summed E-state index contributed by atoms with van der Waals surface area (Å²) in [7, 11) is 4.33. The number of fused-ring (bicyclic) bond motifs is 1. The first-order valence-electron chi connectivity index (χ1n) is 8.12. The summed E-state index contributed by atoms with van der Waals surface area (Å²) >= 11 is 0. The van der Waals surface area contributed by atoms with Gasteiger partial charge in [0, 0.05) is 43.7 Å². The van der Waals surface area contributed by atoms with Gasteiger partial charge in [0.15, 0.2) is 0 Å². The topological polar surface area (TPSA) is 33.1 Å². The normalized spacial score (nSPS) is 21.4. The van der Waals surface area contributed by atoms with Crippen molar-refractivity contribution in [1.29, 1.82) is 0 Å². The standard InChI is InChI=1S/C16H28N4/c1-12(11-19(2)3)20-15-8-9-17-10-14(15)18-16(20)13-6-4-5-7-13/h12-13,17H,4-11H2,1-3H3. The fourth-order valence-electron chi connectivity index (χ4n) is 3.93. The Morgan fingerprint density at radius 2 is 2.10 bits per heavy atom. The average Bonchev–Trinajstić information content (AvgIpc) is 3.04. The molecule has 1 fully saturated rings. The Balaban J connectivity index is 1.96. The molecular weight excluding hydrogens is 248 g/mol. The predicted molar refractivity (Wildman–Crippen MR) is 82.1 cm³/mol. The third kappa shape index (κ3) is 2.63. The van der Waals surface area contributed by atoms with Gasteiger partial charge in [-0.2, -0.15) is 0 Å². The van der Waals surface area contributed by atoms with Gasteiger partial charge in [-0.3, -0.25) is 0 Å². The Morgan fingerprint density at radius 1 is 1.35 bits per heavy atom. The molecule has 1 aromatic heterocycles. The van der Waals surface area contributed by atoms with Crippen LogP contribution in [0.4, 0.5) is 0 Å². The van der Waals surface area contributed by atoms with Crippen LogP contribution in [0.5, 0.6) is 0 Å². The second-order valence-electron chi connectivity index (χ2n) is 6.75. The Bertz CT molecular complexity index is 457. The Hall–Kier alpha value is -0.870. The number of rotatable bonds is 4. The van der Waals surface area contributed by atoms with Crippen molar-refractivity contribution in [3.8, 4) is 0 Å². The highest BCUT2D eigenvalue weighted by molar-refractivity contribution is 5.23. The van der Waals surface area contributed by atoms with E-state index in [1.54, 1.807) is 0 Å². The minimum atomic E-state index is 0.523. The molecule has 0 aromatic carbocycles. The van der Waals surface area contributed by atoms with Gasteiger partial charge in [0.2, 0.25) is 0 Å². The number of nitrogens with zero attached hydrogens (tertiary/aromatic N) is 3. The first-order chi connectivity index (χ1) is 9.66. The first kappa shape index (κ1) is 14.1. The van der Waals surface area contributed by atoms with Crippen LogP contribution in [0.3, 0.4) is 0 Å². The van der Waals surface area contributed by atoms with Crippen molar-refractivity contribution in [3.63, 3.8) is 0 Å². The molecule has 0 bridgehead atoms. The van der Waals surface area contributed by atoms with Crippen LogP contribution in [-0.2, 0) is 13.0 Å². The molecular formula is C16H28N4. The Kier molecular flexibility index (Phi) is 4.13. The van der Waals surface area contributed by atoms with Crippen LogP contribution in [0.25, 0.3) is 0 Å².